The van der Waals surface area contributed by atoms with Crippen LogP contribution in [0, 0.1) is 0 Å². The number of nitrogens with zero attached hydrogens (tertiary/aromatic N) is 7. The van der Waals surface area contributed by atoms with Gasteiger partial charge in [-0.2, -0.15) is 0 Å². The van der Waals surface area contributed by atoms with Crippen molar-refractivity contribution in [1.82, 2.24) is 40.2 Å². The molecule has 5 rings (SSSR count). The Bertz CT molecular complexity index is 1390. The van der Waals surface area contributed by atoms with E-state index in [4.69, 9.17) is 23.2 Å². The summed E-state index contributed by atoms with van der Waals surface area (Å²) in [7, 11) is 1.76. The Hall–Kier alpha value is -3.31. The Morgan fingerprint density at radius 2 is 1.81 bits per heavy atom. The zero-order valence-electron chi connectivity index (χ0n) is 19.5. The number of rotatable bonds is 6. The summed E-state index contributed by atoms with van der Waals surface area (Å²) in [6.45, 7) is 1.14. The number of halogens is 2. The lowest BCUT2D eigenvalue weighted by atomic mass is 10.1. The molecule has 1 aliphatic heterocycles. The normalized spacial score (nSPS) is 14.2. The van der Waals surface area contributed by atoms with Crippen LogP contribution in [0.4, 0.5) is 0 Å². The van der Waals surface area contributed by atoms with Crippen LogP contribution in [0.15, 0.2) is 42.5 Å². The van der Waals surface area contributed by atoms with Gasteiger partial charge in [-0.15, -0.1) is 5.10 Å². The van der Waals surface area contributed by atoms with E-state index in [-0.39, 0.29) is 11.6 Å². The van der Waals surface area contributed by atoms with Crippen molar-refractivity contribution in [2.75, 3.05) is 13.1 Å². The van der Waals surface area contributed by atoms with Gasteiger partial charge in [-0.3, -0.25) is 14.8 Å². The first kappa shape index (κ1) is 24.4. The molecule has 4 aromatic rings. The second-order valence-corrected chi connectivity index (χ2v) is 9.35. The summed E-state index contributed by atoms with van der Waals surface area (Å²) in [5, 5.41) is 24.8. The van der Waals surface area contributed by atoms with Crippen molar-refractivity contribution in [2.24, 2.45) is 7.05 Å². The molecule has 0 unspecified atom stereocenters. The minimum atomic E-state index is -0.407. The smallest absolute Gasteiger partial charge is 0.286 e. The quantitative estimate of drug-likeness (QED) is 0.394. The lowest BCUT2D eigenvalue weighted by Gasteiger charge is -2.26. The van der Waals surface area contributed by atoms with Gasteiger partial charge >= 0.3 is 0 Å². The monoisotopic (exact) mass is 526 g/mol. The number of amides is 1. The first-order chi connectivity index (χ1) is 17.5. The average molecular weight is 527 g/mol. The summed E-state index contributed by atoms with van der Waals surface area (Å²) < 4.78 is 3.31. The van der Waals surface area contributed by atoms with Crippen LogP contribution in [0.1, 0.15) is 35.4 Å². The molecule has 0 aliphatic carbocycles. The number of carbonyl (C=O) groups excluding carboxylic acids is 1. The first-order valence-electron chi connectivity index (χ1n) is 11.5. The molecule has 186 valence electrons. The van der Waals surface area contributed by atoms with Gasteiger partial charge in [0, 0.05) is 42.0 Å². The van der Waals surface area contributed by atoms with Gasteiger partial charge in [0.15, 0.2) is 11.5 Å². The van der Waals surface area contributed by atoms with Gasteiger partial charge in [0.1, 0.15) is 5.82 Å². The lowest BCUT2D eigenvalue weighted by Crippen LogP contribution is -2.45. The highest BCUT2D eigenvalue weighted by atomic mass is 35.5. The maximum atomic E-state index is 13.3. The standard InChI is InChI=1S/C24H24Cl2N8O2/c1-32-22(28-30-31-32)15-5-8-17(9-6-15)34-20(14-35)21(24(36)29-33-11-3-2-4-12-33)27-23(34)18-10-7-16(25)13-19(18)26/h5-10,13,35H,2-4,11-12,14H2,1H3,(H,29,36). The summed E-state index contributed by atoms with van der Waals surface area (Å²) in [5.41, 5.74) is 5.49. The number of hydrogen-bond donors (Lipinski definition) is 2. The molecular formula is C24H24Cl2N8O2. The highest BCUT2D eigenvalue weighted by molar-refractivity contribution is 6.36. The van der Waals surface area contributed by atoms with Crippen LogP contribution < -0.4 is 5.43 Å². The van der Waals surface area contributed by atoms with E-state index in [0.29, 0.717) is 38.6 Å². The molecule has 2 aromatic heterocycles. The fourth-order valence-corrected chi connectivity index (χ4v) is 4.84. The molecule has 2 N–H and O–H groups in total. The van der Waals surface area contributed by atoms with Crippen LogP contribution in [-0.2, 0) is 13.7 Å². The largest absolute Gasteiger partial charge is 0.390 e. The third-order valence-corrected chi connectivity index (χ3v) is 6.68. The van der Waals surface area contributed by atoms with Gasteiger partial charge in [0.2, 0.25) is 0 Å². The zero-order chi connectivity index (χ0) is 25.2. The predicted molar refractivity (Wildman–Crippen MR) is 136 cm³/mol. The van der Waals surface area contributed by atoms with Crippen LogP contribution in [0.3, 0.4) is 0 Å². The second-order valence-electron chi connectivity index (χ2n) is 8.51. The number of hydrogen-bond acceptors (Lipinski definition) is 7. The molecule has 10 nitrogen and oxygen atoms in total. The number of nitrogens with one attached hydrogen (secondary N) is 1. The van der Waals surface area contributed by atoms with E-state index in [9.17, 15) is 9.90 Å². The number of aliphatic hydroxyl groups excluding tert-OH is 1. The summed E-state index contributed by atoms with van der Waals surface area (Å²) in [6, 6.07) is 12.5. The second kappa shape index (κ2) is 10.4. The molecule has 1 fully saturated rings. The molecule has 0 spiro atoms. The number of tetrazole rings is 1. The molecule has 1 amide bonds. The lowest BCUT2D eigenvalue weighted by molar-refractivity contribution is 0.0742. The molecule has 1 saturated heterocycles. The SMILES string of the molecule is Cn1nnnc1-c1ccc(-n2c(-c3ccc(Cl)cc3Cl)nc(C(=O)NN3CCCCC3)c2CO)cc1. The van der Waals surface area contributed by atoms with Crippen LogP contribution >= 0.6 is 23.2 Å². The Labute approximate surface area is 217 Å². The molecule has 3 heterocycles. The number of aliphatic hydroxyl groups is 1. The van der Waals surface area contributed by atoms with E-state index >= 15 is 0 Å². The van der Waals surface area contributed by atoms with E-state index in [0.717, 1.165) is 37.9 Å². The maximum absolute atomic E-state index is 13.3. The number of carbonyl (C=O) groups is 1. The third-order valence-electron chi connectivity index (χ3n) is 6.13. The van der Waals surface area contributed by atoms with E-state index in [1.54, 1.807) is 34.5 Å². The Morgan fingerprint density at radius 1 is 1.06 bits per heavy atom. The summed E-state index contributed by atoms with van der Waals surface area (Å²) >= 11 is 12.7. The van der Waals surface area contributed by atoms with Crippen LogP contribution in [0.5, 0.6) is 0 Å². The number of hydrazine groups is 1. The molecule has 0 atom stereocenters. The Morgan fingerprint density at radius 3 is 2.44 bits per heavy atom. The zero-order valence-corrected chi connectivity index (χ0v) is 21.0. The Balaban J connectivity index is 1.61. The summed E-state index contributed by atoms with van der Waals surface area (Å²) in [5.74, 6) is 0.641. The van der Waals surface area contributed by atoms with Gasteiger partial charge < -0.3 is 5.11 Å². The van der Waals surface area contributed by atoms with Crippen molar-refractivity contribution in [1.29, 1.82) is 0 Å². The van der Waals surface area contributed by atoms with Gasteiger partial charge in [-0.05, 0) is 65.7 Å². The molecule has 0 saturated carbocycles. The predicted octanol–water partition coefficient (Wildman–Crippen LogP) is 3.66. The summed E-state index contributed by atoms with van der Waals surface area (Å²) in [4.78, 5) is 18.0. The van der Waals surface area contributed by atoms with Crippen molar-refractivity contribution in [3.05, 3.63) is 63.9 Å². The van der Waals surface area contributed by atoms with Gasteiger partial charge in [0.25, 0.3) is 5.91 Å². The van der Waals surface area contributed by atoms with Crippen molar-refractivity contribution in [3.63, 3.8) is 0 Å². The Kier molecular flexibility index (Phi) is 7.01. The summed E-state index contributed by atoms with van der Waals surface area (Å²) in [6.07, 6.45) is 3.17. The number of aromatic nitrogens is 6. The molecular weight excluding hydrogens is 503 g/mol. The number of benzene rings is 2. The van der Waals surface area contributed by atoms with Crippen molar-refractivity contribution >= 4 is 29.1 Å². The first-order valence-corrected chi connectivity index (χ1v) is 12.3. The van der Waals surface area contributed by atoms with Crippen molar-refractivity contribution in [2.45, 2.75) is 25.9 Å². The minimum absolute atomic E-state index is 0.130. The molecule has 2 aromatic carbocycles. The number of imidazole rings is 1. The van der Waals surface area contributed by atoms with Crippen LogP contribution in [0.2, 0.25) is 10.0 Å². The molecule has 1 aliphatic rings. The number of aryl methyl sites for hydroxylation is 1. The van der Waals surface area contributed by atoms with E-state index in [1.807, 2.05) is 29.3 Å². The molecule has 36 heavy (non-hydrogen) atoms. The topological polar surface area (TPSA) is 114 Å². The van der Waals surface area contributed by atoms with Gasteiger partial charge in [-0.25, -0.2) is 14.7 Å². The van der Waals surface area contributed by atoms with Crippen LogP contribution in [0.25, 0.3) is 28.5 Å². The van der Waals surface area contributed by atoms with E-state index < -0.39 is 6.61 Å². The fraction of sp³-hybridized carbons (Fsp3) is 0.292. The fourth-order valence-electron chi connectivity index (χ4n) is 4.35. The number of piperidine rings is 1. The molecule has 0 bridgehead atoms. The highest BCUT2D eigenvalue weighted by Crippen LogP contribution is 2.34. The molecule has 0 radical (unpaired) electrons. The van der Waals surface area contributed by atoms with Gasteiger partial charge in [-0.1, -0.05) is 29.6 Å². The van der Waals surface area contributed by atoms with Crippen LogP contribution in [-0.4, -0.2) is 58.9 Å². The average Bonchev–Trinajstić information content (AvgIpc) is 3.48. The highest BCUT2D eigenvalue weighted by Gasteiger charge is 2.26. The van der Waals surface area contributed by atoms with Crippen molar-refractivity contribution in [3.8, 4) is 28.5 Å². The van der Waals surface area contributed by atoms with Crippen molar-refractivity contribution < 1.29 is 9.90 Å². The molecule has 12 heteroatoms. The van der Waals surface area contributed by atoms with E-state index in [1.165, 1.54) is 0 Å². The minimum Gasteiger partial charge on any atom is -0.390 e. The third kappa shape index (κ3) is 4.72. The van der Waals surface area contributed by atoms with E-state index in [2.05, 4.69) is 25.9 Å². The van der Waals surface area contributed by atoms with Gasteiger partial charge in [0.05, 0.1) is 17.3 Å². The maximum Gasteiger partial charge on any atom is 0.286 e.